The van der Waals surface area contributed by atoms with Gasteiger partial charge in [0.15, 0.2) is 0 Å². The molecule has 1 aliphatic carbocycles. The number of pyridine rings is 1. The number of fused-ring (bicyclic) bond motifs is 1. The Labute approximate surface area is 238 Å². The molecule has 7 heteroatoms. The number of carbonyl (C=O) groups is 2. The third kappa shape index (κ3) is 6.30. The van der Waals surface area contributed by atoms with Gasteiger partial charge in [-0.1, -0.05) is 32.8 Å². The largest absolute Gasteiger partial charge is 0.346 e. The van der Waals surface area contributed by atoms with Crippen molar-refractivity contribution in [2.45, 2.75) is 91.0 Å². The van der Waals surface area contributed by atoms with Crippen LogP contribution in [0.4, 0.5) is 0 Å². The van der Waals surface area contributed by atoms with E-state index < -0.39 is 0 Å². The summed E-state index contributed by atoms with van der Waals surface area (Å²) in [7, 11) is 2.17. The number of nitrogens with zero attached hydrogens (tertiary/aromatic N) is 3. The molecule has 1 aromatic carbocycles. The molecule has 0 bridgehead atoms. The lowest BCUT2D eigenvalue weighted by Crippen LogP contribution is -2.36. The Balaban J connectivity index is 1.33. The van der Waals surface area contributed by atoms with Gasteiger partial charge in [-0.15, -0.1) is 0 Å². The van der Waals surface area contributed by atoms with Gasteiger partial charge in [0.05, 0.1) is 23.4 Å². The van der Waals surface area contributed by atoms with Gasteiger partial charge in [0.1, 0.15) is 11.6 Å². The predicted octanol–water partition coefficient (Wildman–Crippen LogP) is 6.31. The number of imidazole rings is 1. The van der Waals surface area contributed by atoms with E-state index >= 15 is 0 Å². The normalized spacial score (nSPS) is 19.1. The molecule has 214 valence electrons. The Morgan fingerprint density at radius 2 is 1.95 bits per heavy atom. The topological polar surface area (TPSA) is 91.0 Å². The lowest BCUT2D eigenvalue weighted by Gasteiger charge is -2.30. The molecule has 1 saturated heterocycles. The van der Waals surface area contributed by atoms with Crippen molar-refractivity contribution in [3.05, 3.63) is 47.5 Å². The molecule has 1 saturated carbocycles. The van der Waals surface area contributed by atoms with Crippen LogP contribution < -0.4 is 5.32 Å². The number of H-pyrrole nitrogens is 1. The maximum atomic E-state index is 13.5. The lowest BCUT2D eigenvalue weighted by atomic mass is 9.91. The molecule has 3 aromatic rings. The van der Waals surface area contributed by atoms with Crippen LogP contribution in [0.3, 0.4) is 0 Å². The number of ketones is 1. The van der Waals surface area contributed by atoms with Gasteiger partial charge in [0, 0.05) is 35.4 Å². The highest BCUT2D eigenvalue weighted by atomic mass is 16.2. The zero-order chi connectivity index (χ0) is 28.3. The van der Waals surface area contributed by atoms with Gasteiger partial charge in [-0.05, 0) is 94.8 Å². The third-order valence-electron chi connectivity index (χ3n) is 9.30. The molecule has 2 aromatic heterocycles. The Hall–Kier alpha value is -3.06. The maximum absolute atomic E-state index is 13.5. The van der Waals surface area contributed by atoms with Crippen molar-refractivity contribution in [2.75, 3.05) is 20.1 Å². The van der Waals surface area contributed by atoms with Crippen LogP contribution in [0.25, 0.3) is 22.2 Å². The first-order valence-electron chi connectivity index (χ1n) is 15.3. The molecule has 5 rings (SSSR count). The van der Waals surface area contributed by atoms with Crippen molar-refractivity contribution in [1.29, 1.82) is 0 Å². The van der Waals surface area contributed by atoms with Crippen molar-refractivity contribution in [3.63, 3.8) is 0 Å². The summed E-state index contributed by atoms with van der Waals surface area (Å²) in [6, 6.07) is 8.39. The number of nitrogens with one attached hydrogen (secondary N) is 2. The third-order valence-corrected chi connectivity index (χ3v) is 9.30. The number of aryl methyl sites for hydroxylation is 2. The zero-order valence-corrected chi connectivity index (χ0v) is 24.7. The van der Waals surface area contributed by atoms with E-state index in [2.05, 4.69) is 47.4 Å². The highest BCUT2D eigenvalue weighted by Gasteiger charge is 2.58. The van der Waals surface area contributed by atoms with Gasteiger partial charge in [0.2, 0.25) is 5.91 Å². The van der Waals surface area contributed by atoms with E-state index in [1.165, 1.54) is 5.56 Å². The van der Waals surface area contributed by atoms with Crippen molar-refractivity contribution in [2.24, 2.45) is 11.3 Å². The summed E-state index contributed by atoms with van der Waals surface area (Å²) in [5, 5.41) is 4.50. The molecule has 2 fully saturated rings. The average molecular weight is 544 g/mol. The van der Waals surface area contributed by atoms with Gasteiger partial charge in [-0.2, -0.15) is 0 Å². The second kappa shape index (κ2) is 12.2. The Bertz CT molecular complexity index is 1350. The number of benzene rings is 1. The first kappa shape index (κ1) is 28.5. The zero-order valence-electron chi connectivity index (χ0n) is 24.7. The molecule has 1 amide bonds. The van der Waals surface area contributed by atoms with Gasteiger partial charge >= 0.3 is 0 Å². The van der Waals surface area contributed by atoms with Crippen molar-refractivity contribution >= 4 is 22.6 Å². The summed E-state index contributed by atoms with van der Waals surface area (Å²) in [6.07, 6.45) is 10.9. The number of aromatic nitrogens is 3. The second-order valence-electron chi connectivity index (χ2n) is 12.2. The summed E-state index contributed by atoms with van der Waals surface area (Å²) in [5.74, 6) is 1.43. The number of Topliss-reactive ketones (excluding diaryl/α,β-unsaturated/α-hetero) is 1. The van der Waals surface area contributed by atoms with Crippen LogP contribution in [0.15, 0.2) is 30.5 Å². The summed E-state index contributed by atoms with van der Waals surface area (Å²) >= 11 is 0. The van der Waals surface area contributed by atoms with Crippen LogP contribution >= 0.6 is 0 Å². The fourth-order valence-electron chi connectivity index (χ4n) is 6.42. The fraction of sp³-hybridized carbons (Fsp3) is 0.576. The summed E-state index contributed by atoms with van der Waals surface area (Å²) in [5.41, 5.74) is 5.56. The minimum absolute atomic E-state index is 0.114. The number of piperidine rings is 1. The molecular formula is C33H45N5O2. The average Bonchev–Trinajstić information content (AvgIpc) is 3.44. The molecule has 2 atom stereocenters. The van der Waals surface area contributed by atoms with Crippen LogP contribution in [0.5, 0.6) is 0 Å². The molecule has 7 nitrogen and oxygen atoms in total. The van der Waals surface area contributed by atoms with Crippen LogP contribution in [-0.4, -0.2) is 51.7 Å². The standard InChI is InChI=1S/C33H45N5O2/c1-5-23-19-29-24(13-12-22(3)35-29)18-26(23)30-21-34-31(36-30)28(11-9-7-8-10-25(39)6-2)37-32(40)27-20-33(27)14-16-38(4)17-15-33/h12-13,18-19,21,27-28H,5-11,14-17,20H2,1-4H3,(H,34,36)(H,37,40)/t27-,28+/m1/s1. The summed E-state index contributed by atoms with van der Waals surface area (Å²) in [4.78, 5) is 40.7. The molecule has 1 aliphatic heterocycles. The number of unbranched alkanes of at least 4 members (excludes halogenated alkanes) is 2. The van der Waals surface area contributed by atoms with Gasteiger partial charge in [-0.3, -0.25) is 14.6 Å². The molecule has 2 aliphatic rings. The maximum Gasteiger partial charge on any atom is 0.224 e. The van der Waals surface area contributed by atoms with Crippen molar-refractivity contribution < 1.29 is 9.59 Å². The molecule has 40 heavy (non-hydrogen) atoms. The quantitative estimate of drug-likeness (QED) is 0.261. The predicted molar refractivity (Wildman–Crippen MR) is 160 cm³/mol. The Morgan fingerprint density at radius 3 is 2.70 bits per heavy atom. The van der Waals surface area contributed by atoms with Crippen LogP contribution in [-0.2, 0) is 16.0 Å². The van der Waals surface area contributed by atoms with Gasteiger partial charge in [0.25, 0.3) is 0 Å². The van der Waals surface area contributed by atoms with E-state index in [-0.39, 0.29) is 23.3 Å². The SMILES string of the molecule is CCC(=O)CCCCC[C@H](NC(=O)[C@H]1CC12CCN(C)CC2)c1ncc(-c2cc3ccc(C)nc3cc2CC)[nH]1. The Morgan fingerprint density at radius 1 is 1.15 bits per heavy atom. The molecule has 0 radical (unpaired) electrons. The van der Waals surface area contributed by atoms with E-state index in [9.17, 15) is 9.59 Å². The minimum Gasteiger partial charge on any atom is -0.346 e. The van der Waals surface area contributed by atoms with Gasteiger partial charge in [-0.25, -0.2) is 4.98 Å². The van der Waals surface area contributed by atoms with E-state index in [0.717, 1.165) is 98.1 Å². The number of amides is 1. The van der Waals surface area contributed by atoms with Crippen molar-refractivity contribution in [3.8, 4) is 11.3 Å². The minimum atomic E-state index is -0.165. The van der Waals surface area contributed by atoms with Gasteiger partial charge < -0.3 is 15.2 Å². The molecular weight excluding hydrogens is 498 g/mol. The highest BCUT2D eigenvalue weighted by Crippen LogP contribution is 2.59. The summed E-state index contributed by atoms with van der Waals surface area (Å²) < 4.78 is 0. The first-order chi connectivity index (χ1) is 19.3. The van der Waals surface area contributed by atoms with Crippen LogP contribution in [0.1, 0.15) is 94.8 Å². The summed E-state index contributed by atoms with van der Waals surface area (Å²) in [6.45, 7) is 8.26. The molecule has 0 unspecified atom stereocenters. The van der Waals surface area contributed by atoms with E-state index in [1.54, 1.807) is 0 Å². The monoisotopic (exact) mass is 543 g/mol. The number of rotatable bonds is 12. The van der Waals surface area contributed by atoms with E-state index in [0.29, 0.717) is 18.6 Å². The molecule has 3 heterocycles. The van der Waals surface area contributed by atoms with Crippen LogP contribution in [0.2, 0.25) is 0 Å². The van der Waals surface area contributed by atoms with E-state index in [4.69, 9.17) is 9.97 Å². The van der Waals surface area contributed by atoms with Crippen molar-refractivity contribution in [1.82, 2.24) is 25.2 Å². The molecule has 1 spiro atoms. The second-order valence-corrected chi connectivity index (χ2v) is 12.2. The smallest absolute Gasteiger partial charge is 0.224 e. The number of hydrogen-bond donors (Lipinski definition) is 2. The highest BCUT2D eigenvalue weighted by molar-refractivity contribution is 5.86. The number of hydrogen-bond acceptors (Lipinski definition) is 5. The Kier molecular flexibility index (Phi) is 8.69. The molecule has 2 N–H and O–H groups in total. The number of aromatic amines is 1. The van der Waals surface area contributed by atoms with E-state index in [1.807, 2.05) is 26.1 Å². The number of likely N-dealkylation sites (tertiary alicyclic amines) is 1. The lowest BCUT2D eigenvalue weighted by molar-refractivity contribution is -0.124. The fourth-order valence-corrected chi connectivity index (χ4v) is 6.42. The number of carbonyl (C=O) groups excluding carboxylic acids is 2. The first-order valence-corrected chi connectivity index (χ1v) is 15.3. The van der Waals surface area contributed by atoms with Crippen LogP contribution in [0, 0.1) is 18.3 Å².